The number of para-hydroxylation sites is 1. The Labute approximate surface area is 211 Å². The zero-order valence-electron chi connectivity index (χ0n) is 20.0. The second-order valence-electron chi connectivity index (χ2n) is 8.42. The molecule has 2 aromatic rings. The topological polar surface area (TPSA) is 253 Å². The Morgan fingerprint density at radius 1 is 0.892 bits per heavy atom. The van der Waals surface area contributed by atoms with Gasteiger partial charge >= 0.3 is 5.97 Å². The Bertz CT molecular complexity index is 1160. The van der Waals surface area contributed by atoms with Crippen LogP contribution < -0.4 is 33.2 Å². The molecule has 200 valence electrons. The van der Waals surface area contributed by atoms with E-state index in [9.17, 15) is 33.9 Å². The van der Waals surface area contributed by atoms with Gasteiger partial charge in [0.1, 0.15) is 12.1 Å². The van der Waals surface area contributed by atoms with Crippen LogP contribution >= 0.6 is 0 Å². The van der Waals surface area contributed by atoms with Gasteiger partial charge in [-0.15, -0.1) is 0 Å². The van der Waals surface area contributed by atoms with Crippen molar-refractivity contribution < 1.29 is 33.9 Å². The first-order valence-electron chi connectivity index (χ1n) is 11.4. The van der Waals surface area contributed by atoms with E-state index >= 15 is 0 Å². The minimum absolute atomic E-state index is 0.0145. The Balaban J connectivity index is 2.02. The number of benzene rings is 1. The summed E-state index contributed by atoms with van der Waals surface area (Å²) in [6, 6.07) is 3.55. The SMILES string of the molecule is NC(=O)CCC(N)C(=O)NCC(=O)NC(CCC(N)=O)C(=O)NC(Cc1c[nH]c2ccccc12)C(=O)O. The van der Waals surface area contributed by atoms with Crippen LogP contribution in [0.4, 0.5) is 0 Å². The van der Waals surface area contributed by atoms with Crippen molar-refractivity contribution in [3.8, 4) is 0 Å². The van der Waals surface area contributed by atoms with Gasteiger partial charge in [0, 0.05) is 36.4 Å². The third-order valence-electron chi connectivity index (χ3n) is 5.51. The number of hydrogen-bond acceptors (Lipinski definition) is 7. The largest absolute Gasteiger partial charge is 0.480 e. The molecule has 0 spiro atoms. The predicted molar refractivity (Wildman–Crippen MR) is 131 cm³/mol. The van der Waals surface area contributed by atoms with E-state index in [2.05, 4.69) is 20.9 Å². The lowest BCUT2D eigenvalue weighted by Gasteiger charge is -2.21. The number of nitrogens with two attached hydrogens (primary N) is 3. The van der Waals surface area contributed by atoms with Crippen LogP contribution in [0.5, 0.6) is 0 Å². The fourth-order valence-electron chi connectivity index (χ4n) is 3.52. The molecule has 0 radical (unpaired) electrons. The molecule has 14 heteroatoms. The van der Waals surface area contributed by atoms with Crippen LogP contribution in [0.3, 0.4) is 0 Å². The summed E-state index contributed by atoms with van der Waals surface area (Å²) in [5.74, 6) is -4.99. The summed E-state index contributed by atoms with van der Waals surface area (Å²) in [5.41, 5.74) is 17.3. The maximum Gasteiger partial charge on any atom is 0.326 e. The first-order chi connectivity index (χ1) is 17.5. The van der Waals surface area contributed by atoms with E-state index in [0.717, 1.165) is 10.9 Å². The molecular weight excluding hydrogens is 486 g/mol. The van der Waals surface area contributed by atoms with Crippen LogP contribution in [0, 0.1) is 0 Å². The Hall–Kier alpha value is -4.46. The van der Waals surface area contributed by atoms with E-state index < -0.39 is 60.2 Å². The van der Waals surface area contributed by atoms with E-state index in [1.54, 1.807) is 12.3 Å². The highest BCUT2D eigenvalue weighted by molar-refractivity contribution is 5.93. The average molecular weight is 518 g/mol. The van der Waals surface area contributed by atoms with E-state index in [0.29, 0.717) is 5.56 Å². The fraction of sp³-hybridized carbons (Fsp3) is 0.391. The molecule has 0 saturated heterocycles. The van der Waals surface area contributed by atoms with Crippen molar-refractivity contribution in [1.29, 1.82) is 0 Å². The summed E-state index contributed by atoms with van der Waals surface area (Å²) in [5, 5.41) is 17.5. The standard InChI is InChI=1S/C23H31N7O7/c24-14(5-7-18(25)31)21(34)28-11-20(33)29-16(6-8-19(26)32)22(35)30-17(23(36)37)9-12-10-27-15-4-2-1-3-13(12)15/h1-4,10,14,16-17,27H,5-9,11,24H2,(H2,25,31)(H2,26,32)(H,28,34)(H,29,33)(H,30,35)(H,36,37). The van der Waals surface area contributed by atoms with Crippen molar-refractivity contribution in [1.82, 2.24) is 20.9 Å². The molecule has 0 aliphatic heterocycles. The molecule has 0 aliphatic rings. The number of aromatic nitrogens is 1. The quantitative estimate of drug-likeness (QED) is 0.128. The molecule has 3 atom stereocenters. The van der Waals surface area contributed by atoms with Crippen molar-refractivity contribution in [2.75, 3.05) is 6.54 Å². The van der Waals surface area contributed by atoms with Crippen LogP contribution in [-0.4, -0.2) is 70.3 Å². The fourth-order valence-corrected chi connectivity index (χ4v) is 3.52. The van der Waals surface area contributed by atoms with Crippen molar-refractivity contribution in [2.45, 2.75) is 50.2 Å². The highest BCUT2D eigenvalue weighted by atomic mass is 16.4. The molecule has 37 heavy (non-hydrogen) atoms. The maximum atomic E-state index is 12.9. The Kier molecular flexibility index (Phi) is 10.6. The van der Waals surface area contributed by atoms with Crippen LogP contribution in [0.2, 0.25) is 0 Å². The molecule has 0 fully saturated rings. The van der Waals surface area contributed by atoms with Gasteiger partial charge in [0.15, 0.2) is 0 Å². The molecule has 1 aromatic heterocycles. The molecule has 14 nitrogen and oxygen atoms in total. The number of fused-ring (bicyclic) bond motifs is 1. The summed E-state index contributed by atoms with van der Waals surface area (Å²) < 4.78 is 0. The summed E-state index contributed by atoms with van der Waals surface area (Å²) in [6.07, 6.45) is 1.02. The lowest BCUT2D eigenvalue weighted by molar-refractivity contribution is -0.142. The van der Waals surface area contributed by atoms with Crippen molar-refractivity contribution >= 4 is 46.4 Å². The highest BCUT2D eigenvalue weighted by Crippen LogP contribution is 2.19. The molecular formula is C23H31N7O7. The summed E-state index contributed by atoms with van der Waals surface area (Å²) in [7, 11) is 0. The van der Waals surface area contributed by atoms with E-state index in [1.807, 2.05) is 18.2 Å². The minimum Gasteiger partial charge on any atom is -0.480 e. The molecule has 1 aromatic carbocycles. The monoisotopic (exact) mass is 517 g/mol. The number of amides is 5. The van der Waals surface area contributed by atoms with Crippen LogP contribution in [0.25, 0.3) is 10.9 Å². The van der Waals surface area contributed by atoms with E-state index in [1.165, 1.54) is 0 Å². The van der Waals surface area contributed by atoms with Gasteiger partial charge in [0.05, 0.1) is 12.6 Å². The molecule has 1 heterocycles. The number of aromatic amines is 1. The van der Waals surface area contributed by atoms with Crippen LogP contribution in [0.15, 0.2) is 30.5 Å². The average Bonchev–Trinajstić information content (AvgIpc) is 3.25. The van der Waals surface area contributed by atoms with Gasteiger partial charge in [0.25, 0.3) is 0 Å². The number of H-pyrrole nitrogens is 1. The normalized spacial score (nSPS) is 13.2. The maximum absolute atomic E-state index is 12.9. The smallest absolute Gasteiger partial charge is 0.326 e. The highest BCUT2D eigenvalue weighted by Gasteiger charge is 2.28. The summed E-state index contributed by atoms with van der Waals surface area (Å²) in [4.78, 5) is 74.2. The van der Waals surface area contributed by atoms with Gasteiger partial charge in [-0.25, -0.2) is 4.79 Å². The zero-order chi connectivity index (χ0) is 27.5. The van der Waals surface area contributed by atoms with Crippen molar-refractivity contribution in [3.05, 3.63) is 36.0 Å². The van der Waals surface area contributed by atoms with Crippen molar-refractivity contribution in [3.63, 3.8) is 0 Å². The Morgan fingerprint density at radius 2 is 1.54 bits per heavy atom. The van der Waals surface area contributed by atoms with Gasteiger partial charge in [0.2, 0.25) is 29.5 Å². The van der Waals surface area contributed by atoms with Gasteiger partial charge in [-0.2, -0.15) is 0 Å². The number of aliphatic carboxylic acids is 1. The molecule has 0 saturated carbocycles. The molecule has 0 aliphatic carbocycles. The Morgan fingerprint density at radius 3 is 2.19 bits per heavy atom. The van der Waals surface area contributed by atoms with E-state index in [-0.39, 0.29) is 32.1 Å². The second kappa shape index (κ2) is 13.6. The first-order valence-corrected chi connectivity index (χ1v) is 11.4. The number of carbonyl (C=O) groups is 6. The molecule has 0 bridgehead atoms. The number of carboxylic acids is 1. The number of rotatable bonds is 15. The third kappa shape index (κ3) is 9.25. The predicted octanol–water partition coefficient (Wildman–Crippen LogP) is -2.26. The molecule has 3 unspecified atom stereocenters. The second-order valence-corrected chi connectivity index (χ2v) is 8.42. The molecule has 5 amide bonds. The minimum atomic E-state index is -1.33. The first kappa shape index (κ1) is 28.8. The number of hydrogen-bond donors (Lipinski definition) is 8. The number of primary amides is 2. The van der Waals surface area contributed by atoms with Gasteiger partial charge < -0.3 is 43.2 Å². The summed E-state index contributed by atoms with van der Waals surface area (Å²) >= 11 is 0. The number of carbonyl (C=O) groups excluding carboxylic acids is 5. The third-order valence-corrected chi connectivity index (χ3v) is 5.51. The van der Waals surface area contributed by atoms with Crippen LogP contribution in [0.1, 0.15) is 31.2 Å². The van der Waals surface area contributed by atoms with E-state index in [4.69, 9.17) is 17.2 Å². The van der Waals surface area contributed by atoms with Gasteiger partial charge in [-0.05, 0) is 24.5 Å². The van der Waals surface area contributed by atoms with Crippen molar-refractivity contribution in [2.24, 2.45) is 17.2 Å². The summed E-state index contributed by atoms with van der Waals surface area (Å²) in [6.45, 7) is -0.554. The zero-order valence-corrected chi connectivity index (χ0v) is 20.0. The number of carboxylic acid groups (broad SMARTS) is 1. The lowest BCUT2D eigenvalue weighted by Crippen LogP contribution is -2.54. The lowest BCUT2D eigenvalue weighted by atomic mass is 10.0. The molecule has 11 N–H and O–H groups in total. The molecule has 2 rings (SSSR count). The van der Waals surface area contributed by atoms with Gasteiger partial charge in [-0.1, -0.05) is 18.2 Å². The van der Waals surface area contributed by atoms with Gasteiger partial charge in [-0.3, -0.25) is 24.0 Å². The van der Waals surface area contributed by atoms with Crippen LogP contribution in [-0.2, 0) is 35.2 Å². The number of nitrogens with one attached hydrogen (secondary N) is 4.